The van der Waals surface area contributed by atoms with Gasteiger partial charge in [-0.1, -0.05) is 11.6 Å². The second-order valence-corrected chi connectivity index (χ2v) is 4.52. The largest absolute Gasteiger partial charge is 0.486 e. The molecule has 1 aromatic carbocycles. The van der Waals surface area contributed by atoms with Gasteiger partial charge in [-0.2, -0.15) is 0 Å². The summed E-state index contributed by atoms with van der Waals surface area (Å²) in [6.07, 6.45) is 0. The number of rotatable bonds is 3. The van der Waals surface area contributed by atoms with E-state index in [9.17, 15) is 4.79 Å². The van der Waals surface area contributed by atoms with E-state index >= 15 is 0 Å². The van der Waals surface area contributed by atoms with E-state index in [1.165, 1.54) is 0 Å². The summed E-state index contributed by atoms with van der Waals surface area (Å²) in [5, 5.41) is 3.20. The van der Waals surface area contributed by atoms with Crippen molar-refractivity contribution in [2.24, 2.45) is 5.73 Å². The average molecular weight is 271 g/mol. The lowest BCUT2D eigenvalue weighted by atomic mass is 10.2. The topological polar surface area (TPSA) is 73.6 Å². The van der Waals surface area contributed by atoms with Gasteiger partial charge in [-0.3, -0.25) is 4.79 Å². The molecule has 98 valence electrons. The van der Waals surface area contributed by atoms with Crippen molar-refractivity contribution in [1.29, 1.82) is 0 Å². The van der Waals surface area contributed by atoms with Crippen LogP contribution in [0.15, 0.2) is 12.1 Å². The van der Waals surface area contributed by atoms with Crippen LogP contribution in [0, 0.1) is 0 Å². The number of hydrogen-bond donors (Lipinski definition) is 2. The van der Waals surface area contributed by atoms with Crippen LogP contribution in [0.2, 0.25) is 5.02 Å². The number of hydrogen-bond acceptors (Lipinski definition) is 4. The summed E-state index contributed by atoms with van der Waals surface area (Å²) in [7, 11) is 0. The third-order valence-corrected chi connectivity index (χ3v) is 2.82. The van der Waals surface area contributed by atoms with Crippen molar-refractivity contribution in [1.82, 2.24) is 5.32 Å². The molecule has 5 nitrogen and oxygen atoms in total. The van der Waals surface area contributed by atoms with Crippen LogP contribution in [0.4, 0.5) is 0 Å². The smallest absolute Gasteiger partial charge is 0.236 e. The zero-order valence-corrected chi connectivity index (χ0v) is 10.8. The molecule has 0 fully saturated rings. The Morgan fingerprint density at radius 1 is 1.50 bits per heavy atom. The number of ether oxygens (including phenoxy) is 2. The summed E-state index contributed by atoms with van der Waals surface area (Å²) < 4.78 is 10.9. The number of nitrogens with one attached hydrogen (secondary N) is 1. The molecule has 6 heteroatoms. The Morgan fingerprint density at radius 3 is 2.94 bits per heavy atom. The van der Waals surface area contributed by atoms with E-state index in [1.54, 1.807) is 13.0 Å². The molecule has 0 aliphatic carbocycles. The minimum atomic E-state index is -0.530. The van der Waals surface area contributed by atoms with Crippen molar-refractivity contribution >= 4 is 17.5 Å². The van der Waals surface area contributed by atoms with Crippen LogP contribution in [-0.2, 0) is 11.3 Å². The molecule has 0 spiro atoms. The Kier molecular flexibility index (Phi) is 3.93. The fraction of sp³-hybridized carbons (Fsp3) is 0.417. The molecule has 1 aliphatic rings. The number of fused-ring (bicyclic) bond motifs is 1. The molecule has 1 aliphatic heterocycles. The molecule has 18 heavy (non-hydrogen) atoms. The maximum absolute atomic E-state index is 11.4. The van der Waals surface area contributed by atoms with E-state index < -0.39 is 6.04 Å². The highest BCUT2D eigenvalue weighted by molar-refractivity contribution is 6.32. The van der Waals surface area contributed by atoms with Gasteiger partial charge in [-0.25, -0.2) is 0 Å². The minimum absolute atomic E-state index is 0.207. The molecule has 1 atom stereocenters. The molecule has 1 amide bonds. The van der Waals surface area contributed by atoms with Crippen LogP contribution in [0.25, 0.3) is 0 Å². The SMILES string of the molecule is C[C@@H](N)C(=O)NCc1cc(Cl)c2c(c1)OCCO2. The Bertz CT molecular complexity index is 463. The van der Waals surface area contributed by atoms with E-state index in [0.29, 0.717) is 36.3 Å². The molecule has 1 heterocycles. The molecule has 0 unspecified atom stereocenters. The van der Waals surface area contributed by atoms with E-state index in [0.717, 1.165) is 5.56 Å². The van der Waals surface area contributed by atoms with Gasteiger partial charge in [-0.15, -0.1) is 0 Å². The van der Waals surface area contributed by atoms with Gasteiger partial charge < -0.3 is 20.5 Å². The Morgan fingerprint density at radius 2 is 2.22 bits per heavy atom. The molecular formula is C12H15ClN2O3. The Balaban J connectivity index is 2.10. The van der Waals surface area contributed by atoms with Crippen LogP contribution in [0.3, 0.4) is 0 Å². The predicted molar refractivity (Wildman–Crippen MR) is 67.9 cm³/mol. The van der Waals surface area contributed by atoms with Crippen molar-refractivity contribution in [3.63, 3.8) is 0 Å². The molecule has 1 aromatic rings. The second-order valence-electron chi connectivity index (χ2n) is 4.11. The standard InChI is InChI=1S/C12H15ClN2O3/c1-7(14)12(16)15-6-8-4-9(13)11-10(5-8)17-2-3-18-11/h4-5,7H,2-3,6,14H2,1H3,(H,15,16)/t7-/m1/s1. The number of benzene rings is 1. The zero-order valence-electron chi connectivity index (χ0n) is 10.0. The lowest BCUT2D eigenvalue weighted by molar-refractivity contribution is -0.122. The normalized spacial score (nSPS) is 15.1. The first-order chi connectivity index (χ1) is 8.58. The maximum atomic E-state index is 11.4. The Labute approximate surface area is 110 Å². The van der Waals surface area contributed by atoms with Crippen molar-refractivity contribution in [3.8, 4) is 11.5 Å². The first kappa shape index (κ1) is 13.0. The van der Waals surface area contributed by atoms with Gasteiger partial charge in [0.15, 0.2) is 11.5 Å². The highest BCUT2D eigenvalue weighted by Crippen LogP contribution is 2.38. The molecule has 3 N–H and O–H groups in total. The molecular weight excluding hydrogens is 256 g/mol. The van der Waals surface area contributed by atoms with Gasteiger partial charge in [0.2, 0.25) is 5.91 Å². The fourth-order valence-electron chi connectivity index (χ4n) is 1.62. The molecule has 0 saturated heterocycles. The fourth-order valence-corrected chi connectivity index (χ4v) is 1.90. The lowest BCUT2D eigenvalue weighted by Crippen LogP contribution is -2.37. The molecule has 0 radical (unpaired) electrons. The highest BCUT2D eigenvalue weighted by atomic mass is 35.5. The molecule has 2 rings (SSSR count). The van der Waals surface area contributed by atoms with Gasteiger partial charge >= 0.3 is 0 Å². The van der Waals surface area contributed by atoms with E-state index in [4.69, 9.17) is 26.8 Å². The summed E-state index contributed by atoms with van der Waals surface area (Å²) in [4.78, 5) is 11.4. The van der Waals surface area contributed by atoms with Crippen LogP contribution in [-0.4, -0.2) is 25.2 Å². The number of nitrogens with two attached hydrogens (primary N) is 1. The molecule has 0 saturated carbocycles. The van der Waals surface area contributed by atoms with Gasteiger partial charge in [0.05, 0.1) is 11.1 Å². The summed E-state index contributed by atoms with van der Waals surface area (Å²) in [6.45, 7) is 2.98. The van der Waals surface area contributed by atoms with Crippen molar-refractivity contribution < 1.29 is 14.3 Å². The zero-order chi connectivity index (χ0) is 13.1. The Hall–Kier alpha value is -1.46. The maximum Gasteiger partial charge on any atom is 0.236 e. The predicted octanol–water partition coefficient (Wildman–Crippen LogP) is 1.07. The van der Waals surface area contributed by atoms with Crippen LogP contribution >= 0.6 is 11.6 Å². The minimum Gasteiger partial charge on any atom is -0.486 e. The lowest BCUT2D eigenvalue weighted by Gasteiger charge is -2.20. The van der Waals surface area contributed by atoms with Crippen LogP contribution < -0.4 is 20.5 Å². The van der Waals surface area contributed by atoms with Gasteiger partial charge in [-0.05, 0) is 24.6 Å². The third kappa shape index (κ3) is 2.86. The van der Waals surface area contributed by atoms with E-state index in [1.807, 2.05) is 6.07 Å². The average Bonchev–Trinajstić information content (AvgIpc) is 2.36. The van der Waals surface area contributed by atoms with Crippen molar-refractivity contribution in [2.75, 3.05) is 13.2 Å². The first-order valence-electron chi connectivity index (χ1n) is 5.69. The summed E-state index contributed by atoms with van der Waals surface area (Å²) >= 11 is 6.08. The number of halogens is 1. The number of carbonyl (C=O) groups is 1. The van der Waals surface area contributed by atoms with Gasteiger partial charge in [0, 0.05) is 6.54 Å². The van der Waals surface area contributed by atoms with Gasteiger partial charge in [0.1, 0.15) is 13.2 Å². The second kappa shape index (κ2) is 5.46. The van der Waals surface area contributed by atoms with Crippen LogP contribution in [0.5, 0.6) is 11.5 Å². The van der Waals surface area contributed by atoms with E-state index in [-0.39, 0.29) is 5.91 Å². The van der Waals surface area contributed by atoms with Crippen molar-refractivity contribution in [3.05, 3.63) is 22.7 Å². The summed E-state index contributed by atoms with van der Waals surface area (Å²) in [6, 6.07) is 3.02. The number of carbonyl (C=O) groups excluding carboxylic acids is 1. The molecule has 0 bridgehead atoms. The van der Waals surface area contributed by atoms with E-state index in [2.05, 4.69) is 5.32 Å². The summed E-state index contributed by atoms with van der Waals surface area (Å²) in [5.74, 6) is 0.963. The van der Waals surface area contributed by atoms with Crippen LogP contribution in [0.1, 0.15) is 12.5 Å². The third-order valence-electron chi connectivity index (χ3n) is 2.54. The quantitative estimate of drug-likeness (QED) is 0.862. The first-order valence-corrected chi connectivity index (χ1v) is 6.07. The summed E-state index contributed by atoms with van der Waals surface area (Å²) in [5.41, 5.74) is 6.30. The van der Waals surface area contributed by atoms with Crippen molar-refractivity contribution in [2.45, 2.75) is 19.5 Å². The molecule has 0 aromatic heterocycles. The monoisotopic (exact) mass is 270 g/mol. The number of amides is 1. The highest BCUT2D eigenvalue weighted by Gasteiger charge is 2.17. The van der Waals surface area contributed by atoms with Gasteiger partial charge in [0.25, 0.3) is 0 Å².